The molecule has 0 atom stereocenters. The van der Waals surface area contributed by atoms with Crippen molar-refractivity contribution < 1.29 is 9.47 Å². The van der Waals surface area contributed by atoms with Crippen LogP contribution in [0.15, 0.2) is 48.5 Å². The second-order valence-electron chi connectivity index (χ2n) is 4.64. The van der Waals surface area contributed by atoms with Crippen molar-refractivity contribution in [2.45, 2.75) is 13.5 Å². The second kappa shape index (κ2) is 5.55. The highest BCUT2D eigenvalue weighted by Gasteiger charge is 2.06. The molecule has 3 rings (SSSR count). The maximum Gasteiger partial charge on any atom is 0.161 e. The summed E-state index contributed by atoms with van der Waals surface area (Å²) in [6, 6.07) is 16.3. The van der Waals surface area contributed by atoms with Crippen LogP contribution in [0.4, 0.5) is 0 Å². The minimum absolute atomic E-state index is 0.569. The lowest BCUT2D eigenvalue weighted by molar-refractivity contribution is 0.287. The Labute approximate surface area is 122 Å². The van der Waals surface area contributed by atoms with E-state index in [2.05, 4.69) is 31.2 Å². The summed E-state index contributed by atoms with van der Waals surface area (Å²) in [7, 11) is 1.66. The Morgan fingerprint density at radius 2 is 1.80 bits per heavy atom. The van der Waals surface area contributed by atoms with E-state index in [4.69, 9.17) is 9.47 Å². The van der Waals surface area contributed by atoms with Crippen molar-refractivity contribution in [2.75, 3.05) is 7.11 Å². The van der Waals surface area contributed by atoms with Gasteiger partial charge in [0.15, 0.2) is 11.5 Å². The van der Waals surface area contributed by atoms with Gasteiger partial charge < -0.3 is 9.47 Å². The number of rotatable bonds is 4. The Hall–Kier alpha value is -2.00. The lowest BCUT2D eigenvalue weighted by Gasteiger charge is -2.08. The molecule has 0 N–H and O–H groups in total. The normalized spacial score (nSPS) is 10.7. The lowest BCUT2D eigenvalue weighted by atomic mass is 10.1. The van der Waals surface area contributed by atoms with Gasteiger partial charge in [-0.15, -0.1) is 11.3 Å². The topological polar surface area (TPSA) is 18.5 Å². The van der Waals surface area contributed by atoms with Gasteiger partial charge in [-0.3, -0.25) is 0 Å². The molecule has 3 aromatic rings. The summed E-state index contributed by atoms with van der Waals surface area (Å²) < 4.78 is 12.5. The quantitative estimate of drug-likeness (QED) is 0.685. The van der Waals surface area contributed by atoms with E-state index in [9.17, 15) is 0 Å². The molecule has 0 bridgehead atoms. The van der Waals surface area contributed by atoms with Gasteiger partial charge in [0, 0.05) is 9.58 Å². The zero-order valence-electron chi connectivity index (χ0n) is 11.6. The third kappa shape index (κ3) is 2.49. The molecule has 0 aliphatic heterocycles. The zero-order chi connectivity index (χ0) is 13.9. The monoisotopic (exact) mass is 284 g/mol. The van der Waals surface area contributed by atoms with Crippen molar-refractivity contribution in [1.82, 2.24) is 0 Å². The zero-order valence-corrected chi connectivity index (χ0v) is 12.4. The molecule has 0 unspecified atom stereocenters. The van der Waals surface area contributed by atoms with Gasteiger partial charge in [-0.2, -0.15) is 0 Å². The molecule has 0 saturated heterocycles. The lowest BCUT2D eigenvalue weighted by Crippen LogP contribution is -1.95. The number of methoxy groups -OCH3 is 1. The first-order valence-electron chi connectivity index (χ1n) is 6.52. The molecule has 2 aromatic carbocycles. The van der Waals surface area contributed by atoms with Gasteiger partial charge in [-0.1, -0.05) is 24.3 Å². The number of hydrogen-bond acceptors (Lipinski definition) is 3. The van der Waals surface area contributed by atoms with Crippen LogP contribution in [0.1, 0.15) is 10.4 Å². The third-order valence-corrected chi connectivity index (χ3v) is 4.34. The number of ether oxygens (including phenoxy) is 2. The highest BCUT2D eigenvalue weighted by atomic mass is 32.1. The van der Waals surface area contributed by atoms with Gasteiger partial charge in [0.25, 0.3) is 0 Å². The van der Waals surface area contributed by atoms with E-state index in [1.165, 1.54) is 20.5 Å². The molecule has 3 heteroatoms. The average Bonchev–Trinajstić information content (AvgIpc) is 2.90. The molecule has 1 aromatic heterocycles. The van der Waals surface area contributed by atoms with Crippen molar-refractivity contribution in [3.05, 3.63) is 59.0 Å². The minimum Gasteiger partial charge on any atom is -0.493 e. The Balaban J connectivity index is 1.82. The maximum atomic E-state index is 5.87. The molecule has 0 fully saturated rings. The molecular weight excluding hydrogens is 268 g/mol. The Morgan fingerprint density at radius 3 is 2.55 bits per heavy atom. The number of para-hydroxylation sites is 2. The SMILES string of the molecule is COc1ccccc1OCc1cc2c(C)cccc2s1. The van der Waals surface area contributed by atoms with Crippen LogP contribution < -0.4 is 9.47 Å². The summed E-state index contributed by atoms with van der Waals surface area (Å²) in [4.78, 5) is 1.22. The van der Waals surface area contributed by atoms with Crippen molar-refractivity contribution in [3.63, 3.8) is 0 Å². The van der Waals surface area contributed by atoms with E-state index in [0.717, 1.165) is 11.5 Å². The van der Waals surface area contributed by atoms with E-state index in [1.54, 1.807) is 18.4 Å². The molecule has 20 heavy (non-hydrogen) atoms. The summed E-state index contributed by atoms with van der Waals surface area (Å²) in [6.07, 6.45) is 0. The van der Waals surface area contributed by atoms with Crippen LogP contribution in [0.5, 0.6) is 11.5 Å². The first kappa shape index (κ1) is 13.0. The van der Waals surface area contributed by atoms with Crippen molar-refractivity contribution in [2.24, 2.45) is 0 Å². The van der Waals surface area contributed by atoms with E-state index >= 15 is 0 Å². The van der Waals surface area contributed by atoms with Crippen LogP contribution in [0.2, 0.25) is 0 Å². The van der Waals surface area contributed by atoms with Gasteiger partial charge in [-0.25, -0.2) is 0 Å². The molecule has 0 amide bonds. The van der Waals surface area contributed by atoms with Crippen LogP contribution in [0.25, 0.3) is 10.1 Å². The minimum atomic E-state index is 0.569. The van der Waals surface area contributed by atoms with Gasteiger partial charge in [-0.05, 0) is 42.1 Å². The number of fused-ring (bicyclic) bond motifs is 1. The van der Waals surface area contributed by atoms with E-state index in [-0.39, 0.29) is 0 Å². The Morgan fingerprint density at radius 1 is 1.00 bits per heavy atom. The first-order valence-corrected chi connectivity index (χ1v) is 7.33. The Bertz CT molecular complexity index is 731. The fraction of sp³-hybridized carbons (Fsp3) is 0.176. The molecule has 2 nitrogen and oxygen atoms in total. The number of hydrogen-bond donors (Lipinski definition) is 0. The predicted molar refractivity (Wildman–Crippen MR) is 83.9 cm³/mol. The van der Waals surface area contributed by atoms with Gasteiger partial charge in [0.1, 0.15) is 6.61 Å². The van der Waals surface area contributed by atoms with Crippen molar-refractivity contribution >= 4 is 21.4 Å². The fourth-order valence-electron chi connectivity index (χ4n) is 2.22. The summed E-state index contributed by atoms with van der Waals surface area (Å²) >= 11 is 1.78. The van der Waals surface area contributed by atoms with Crippen LogP contribution in [0.3, 0.4) is 0 Å². The van der Waals surface area contributed by atoms with E-state index in [1.807, 2.05) is 24.3 Å². The van der Waals surface area contributed by atoms with E-state index in [0.29, 0.717) is 6.61 Å². The largest absolute Gasteiger partial charge is 0.493 e. The molecular formula is C17H16O2S. The van der Waals surface area contributed by atoms with Gasteiger partial charge in [0.05, 0.1) is 7.11 Å². The maximum absolute atomic E-state index is 5.87. The highest BCUT2D eigenvalue weighted by molar-refractivity contribution is 7.19. The summed E-state index contributed by atoms with van der Waals surface area (Å²) in [6.45, 7) is 2.71. The van der Waals surface area contributed by atoms with Crippen molar-refractivity contribution in [3.8, 4) is 11.5 Å². The predicted octanol–water partition coefficient (Wildman–Crippen LogP) is 4.80. The molecule has 0 spiro atoms. The van der Waals surface area contributed by atoms with Crippen LogP contribution in [0, 0.1) is 6.92 Å². The van der Waals surface area contributed by atoms with Crippen LogP contribution in [-0.4, -0.2) is 7.11 Å². The third-order valence-electron chi connectivity index (χ3n) is 3.27. The average molecular weight is 284 g/mol. The second-order valence-corrected chi connectivity index (χ2v) is 5.81. The van der Waals surface area contributed by atoms with Crippen molar-refractivity contribution in [1.29, 1.82) is 0 Å². The van der Waals surface area contributed by atoms with Crippen LogP contribution in [-0.2, 0) is 6.61 Å². The standard InChI is InChI=1S/C17H16O2S/c1-12-6-5-9-17-14(12)10-13(20-17)11-19-16-8-4-3-7-15(16)18-2/h3-10H,11H2,1-2H3. The number of thiophene rings is 1. The summed E-state index contributed by atoms with van der Waals surface area (Å²) in [5, 5.41) is 1.32. The molecule has 0 saturated carbocycles. The smallest absolute Gasteiger partial charge is 0.161 e. The summed E-state index contributed by atoms with van der Waals surface area (Å²) in [5.74, 6) is 1.55. The molecule has 0 aliphatic carbocycles. The van der Waals surface area contributed by atoms with Gasteiger partial charge >= 0.3 is 0 Å². The molecule has 102 valence electrons. The van der Waals surface area contributed by atoms with Gasteiger partial charge in [0.2, 0.25) is 0 Å². The Kier molecular flexibility index (Phi) is 3.61. The number of benzene rings is 2. The molecule has 0 radical (unpaired) electrons. The molecule has 0 aliphatic rings. The first-order chi connectivity index (χ1) is 9.78. The van der Waals surface area contributed by atoms with E-state index < -0.39 is 0 Å². The summed E-state index contributed by atoms with van der Waals surface area (Å²) in [5.41, 5.74) is 1.31. The molecule has 1 heterocycles. The fourth-order valence-corrected chi connectivity index (χ4v) is 3.27. The highest BCUT2D eigenvalue weighted by Crippen LogP contribution is 2.31. The number of aryl methyl sites for hydroxylation is 1. The van der Waals surface area contributed by atoms with Crippen LogP contribution >= 0.6 is 11.3 Å².